The number of carbonyl (C=O) groups is 1. The van der Waals surface area contributed by atoms with Gasteiger partial charge in [-0.15, -0.1) is 0 Å². The third-order valence-corrected chi connectivity index (χ3v) is 4.14. The SMILES string of the molecule is N#Cc1cc(NCC(=O)N2CCCCCCC2)ccc1OCC(F)(F)F. The highest BCUT2D eigenvalue weighted by molar-refractivity contribution is 5.81. The number of alkyl halides is 3. The second kappa shape index (κ2) is 9.32. The van der Waals surface area contributed by atoms with Crippen molar-refractivity contribution in [3.63, 3.8) is 0 Å². The van der Waals surface area contributed by atoms with E-state index in [0.717, 1.165) is 38.8 Å². The van der Waals surface area contributed by atoms with Gasteiger partial charge in [0.1, 0.15) is 11.8 Å². The first-order valence-electron chi connectivity index (χ1n) is 8.64. The van der Waals surface area contributed by atoms with Crippen LogP contribution in [0.4, 0.5) is 18.9 Å². The topological polar surface area (TPSA) is 65.4 Å². The largest absolute Gasteiger partial charge is 0.483 e. The molecule has 1 fully saturated rings. The van der Waals surface area contributed by atoms with E-state index in [1.807, 2.05) is 11.0 Å². The number of amides is 1. The van der Waals surface area contributed by atoms with Gasteiger partial charge in [-0.25, -0.2) is 0 Å². The summed E-state index contributed by atoms with van der Waals surface area (Å²) in [6, 6.07) is 5.98. The van der Waals surface area contributed by atoms with Crippen molar-refractivity contribution < 1.29 is 22.7 Å². The van der Waals surface area contributed by atoms with Gasteiger partial charge >= 0.3 is 6.18 Å². The van der Waals surface area contributed by atoms with E-state index >= 15 is 0 Å². The maximum atomic E-state index is 12.3. The van der Waals surface area contributed by atoms with Crippen molar-refractivity contribution in [3.05, 3.63) is 23.8 Å². The lowest BCUT2D eigenvalue weighted by Gasteiger charge is -2.25. The van der Waals surface area contributed by atoms with Crippen LogP contribution in [-0.4, -0.2) is 43.2 Å². The molecule has 1 saturated heterocycles. The molecule has 0 saturated carbocycles. The van der Waals surface area contributed by atoms with Crippen LogP contribution in [0.2, 0.25) is 0 Å². The minimum Gasteiger partial charge on any atom is -0.483 e. The zero-order valence-corrected chi connectivity index (χ0v) is 14.4. The van der Waals surface area contributed by atoms with Crippen LogP contribution in [0.25, 0.3) is 0 Å². The van der Waals surface area contributed by atoms with Crippen LogP contribution in [0.15, 0.2) is 18.2 Å². The normalized spacial score (nSPS) is 15.5. The zero-order valence-electron chi connectivity index (χ0n) is 14.4. The molecule has 1 heterocycles. The number of benzene rings is 1. The molecule has 0 atom stereocenters. The Hall–Kier alpha value is -2.43. The minimum atomic E-state index is -4.47. The van der Waals surface area contributed by atoms with E-state index in [1.165, 1.54) is 24.6 Å². The van der Waals surface area contributed by atoms with Crippen molar-refractivity contribution in [1.82, 2.24) is 4.90 Å². The van der Waals surface area contributed by atoms with E-state index < -0.39 is 12.8 Å². The summed E-state index contributed by atoms with van der Waals surface area (Å²) in [5, 5.41) is 12.0. The number of nitrogens with one attached hydrogen (secondary N) is 1. The predicted molar refractivity (Wildman–Crippen MR) is 90.9 cm³/mol. The number of hydrogen-bond acceptors (Lipinski definition) is 4. The molecule has 1 aliphatic heterocycles. The fourth-order valence-corrected chi connectivity index (χ4v) is 2.80. The van der Waals surface area contributed by atoms with E-state index in [-0.39, 0.29) is 23.8 Å². The van der Waals surface area contributed by atoms with E-state index in [1.54, 1.807) is 0 Å². The first-order valence-corrected chi connectivity index (χ1v) is 8.64. The molecule has 0 radical (unpaired) electrons. The Morgan fingerprint density at radius 3 is 2.46 bits per heavy atom. The Labute approximate surface area is 150 Å². The molecule has 1 aliphatic rings. The molecule has 0 aromatic heterocycles. The zero-order chi connectivity index (χ0) is 19.0. The first kappa shape index (κ1) is 19.9. The molecule has 142 valence electrons. The van der Waals surface area contributed by atoms with Crippen molar-refractivity contribution in [2.45, 2.75) is 38.3 Å². The van der Waals surface area contributed by atoms with Gasteiger partial charge in [0.2, 0.25) is 5.91 Å². The van der Waals surface area contributed by atoms with Crippen LogP contribution < -0.4 is 10.1 Å². The van der Waals surface area contributed by atoms with Crippen molar-refractivity contribution in [2.75, 3.05) is 31.6 Å². The van der Waals surface area contributed by atoms with Crippen LogP contribution in [-0.2, 0) is 4.79 Å². The lowest BCUT2D eigenvalue weighted by Crippen LogP contribution is -2.37. The second-order valence-electron chi connectivity index (χ2n) is 6.23. The standard InChI is InChI=1S/C18H22F3N3O2/c19-18(20,21)13-26-16-7-6-15(10-14(16)11-22)23-12-17(25)24-8-4-2-1-3-5-9-24/h6-7,10,23H,1-5,8-9,12-13H2. The highest BCUT2D eigenvalue weighted by Gasteiger charge is 2.28. The molecule has 0 spiro atoms. The Morgan fingerprint density at radius 2 is 1.85 bits per heavy atom. The quantitative estimate of drug-likeness (QED) is 0.859. The Bertz CT molecular complexity index is 648. The molecule has 1 N–H and O–H groups in total. The third-order valence-electron chi connectivity index (χ3n) is 4.14. The van der Waals surface area contributed by atoms with Gasteiger partial charge in [0.25, 0.3) is 0 Å². The maximum Gasteiger partial charge on any atom is 0.422 e. The average Bonchev–Trinajstić information content (AvgIpc) is 2.57. The van der Waals surface area contributed by atoms with Crippen molar-refractivity contribution in [2.24, 2.45) is 0 Å². The molecule has 8 heteroatoms. The summed E-state index contributed by atoms with van der Waals surface area (Å²) in [6.07, 6.45) is 0.984. The van der Waals surface area contributed by atoms with Gasteiger partial charge in [-0.05, 0) is 31.0 Å². The van der Waals surface area contributed by atoms with Crippen LogP contribution in [0.3, 0.4) is 0 Å². The number of nitrogens with zero attached hydrogens (tertiary/aromatic N) is 2. The average molecular weight is 369 g/mol. The molecule has 0 aliphatic carbocycles. The van der Waals surface area contributed by atoms with Gasteiger partial charge in [0, 0.05) is 18.8 Å². The summed E-state index contributed by atoms with van der Waals surface area (Å²) in [5.74, 6) is -0.159. The fourth-order valence-electron chi connectivity index (χ4n) is 2.80. The molecule has 5 nitrogen and oxygen atoms in total. The number of carbonyl (C=O) groups excluding carboxylic acids is 1. The molecule has 2 rings (SSSR count). The minimum absolute atomic E-state index is 0.0158. The van der Waals surface area contributed by atoms with Crippen LogP contribution in [0.1, 0.15) is 37.7 Å². The summed E-state index contributed by atoms with van der Waals surface area (Å²) in [6.45, 7) is 0.109. The van der Waals surface area contributed by atoms with E-state index in [9.17, 15) is 18.0 Å². The molecule has 1 aromatic carbocycles. The summed E-state index contributed by atoms with van der Waals surface area (Å²) in [5.41, 5.74) is 0.472. The number of halogens is 3. The summed E-state index contributed by atoms with van der Waals surface area (Å²) >= 11 is 0. The molecule has 26 heavy (non-hydrogen) atoms. The summed E-state index contributed by atoms with van der Waals surface area (Å²) < 4.78 is 41.3. The lowest BCUT2D eigenvalue weighted by molar-refractivity contribution is -0.153. The Kier molecular flexibility index (Phi) is 7.13. The Balaban J connectivity index is 1.92. The lowest BCUT2D eigenvalue weighted by atomic mass is 10.1. The highest BCUT2D eigenvalue weighted by atomic mass is 19.4. The number of nitriles is 1. The van der Waals surface area contributed by atoms with Crippen LogP contribution >= 0.6 is 0 Å². The van der Waals surface area contributed by atoms with E-state index in [2.05, 4.69) is 10.1 Å². The third kappa shape index (κ3) is 6.47. The summed E-state index contributed by atoms with van der Waals surface area (Å²) in [4.78, 5) is 14.2. The Morgan fingerprint density at radius 1 is 1.19 bits per heavy atom. The van der Waals surface area contributed by atoms with Gasteiger partial charge in [-0.1, -0.05) is 19.3 Å². The predicted octanol–water partition coefficient (Wildman–Crippen LogP) is 3.70. The highest BCUT2D eigenvalue weighted by Crippen LogP contribution is 2.24. The van der Waals surface area contributed by atoms with Gasteiger partial charge < -0.3 is 15.0 Å². The number of hydrogen-bond donors (Lipinski definition) is 1. The van der Waals surface area contributed by atoms with Crippen molar-refractivity contribution in [1.29, 1.82) is 5.26 Å². The monoisotopic (exact) mass is 369 g/mol. The smallest absolute Gasteiger partial charge is 0.422 e. The maximum absolute atomic E-state index is 12.3. The van der Waals surface area contributed by atoms with E-state index in [0.29, 0.717) is 5.69 Å². The summed E-state index contributed by atoms with van der Waals surface area (Å²) in [7, 11) is 0. The van der Waals surface area contributed by atoms with Gasteiger partial charge in [-0.3, -0.25) is 4.79 Å². The molecule has 1 aromatic rings. The van der Waals surface area contributed by atoms with Gasteiger partial charge in [0.05, 0.1) is 12.1 Å². The van der Waals surface area contributed by atoms with E-state index in [4.69, 9.17) is 5.26 Å². The number of rotatable bonds is 5. The van der Waals surface area contributed by atoms with Gasteiger partial charge in [0.15, 0.2) is 6.61 Å². The first-order chi connectivity index (χ1) is 12.4. The fraction of sp³-hybridized carbons (Fsp3) is 0.556. The molecule has 0 bridgehead atoms. The molecule has 1 amide bonds. The van der Waals surface area contributed by atoms with Crippen LogP contribution in [0.5, 0.6) is 5.75 Å². The van der Waals surface area contributed by atoms with Crippen molar-refractivity contribution >= 4 is 11.6 Å². The van der Waals surface area contributed by atoms with Gasteiger partial charge in [-0.2, -0.15) is 18.4 Å². The second-order valence-corrected chi connectivity index (χ2v) is 6.23. The number of likely N-dealkylation sites (tertiary alicyclic amines) is 1. The number of anilines is 1. The van der Waals surface area contributed by atoms with Crippen molar-refractivity contribution in [3.8, 4) is 11.8 Å². The molecular weight excluding hydrogens is 347 g/mol. The number of ether oxygens (including phenoxy) is 1. The molecular formula is C18H22F3N3O2. The molecule has 0 unspecified atom stereocenters. The van der Waals surface area contributed by atoms with Crippen LogP contribution in [0, 0.1) is 11.3 Å².